The maximum absolute atomic E-state index is 15.7. The van der Waals surface area contributed by atoms with Crippen LogP contribution in [-0.4, -0.2) is 94.8 Å². The molecule has 2 N–H and O–H groups in total. The van der Waals surface area contributed by atoms with Crippen molar-refractivity contribution < 1.29 is 51.8 Å². The predicted octanol–water partition coefficient (Wildman–Crippen LogP) is 3.96. The second-order valence-electron chi connectivity index (χ2n) is 15.4. The zero-order chi connectivity index (χ0) is 35.1. The number of rotatable bonds is 5. The number of hydrogen-bond donors (Lipinski definition) is 2. The average molecular weight is 701 g/mol. The number of carbonyl (C=O) groups is 3. The Hall–Kier alpha value is -2.24. The molecule has 2 heterocycles. The van der Waals surface area contributed by atoms with Crippen LogP contribution in [0.4, 0.5) is 0 Å². The van der Waals surface area contributed by atoms with Gasteiger partial charge in [-0.3, -0.25) is 9.59 Å². The van der Waals surface area contributed by atoms with Crippen molar-refractivity contribution in [3.63, 3.8) is 0 Å². The van der Waals surface area contributed by atoms with Gasteiger partial charge in [-0.15, -0.1) is 0 Å². The Balaban J connectivity index is 1.69. The molecule has 1 aromatic carbocycles. The molecule has 13 heteroatoms. The van der Waals surface area contributed by atoms with Gasteiger partial charge in [0.25, 0.3) is 0 Å². The molecule has 2 saturated carbocycles. The van der Waals surface area contributed by atoms with Crippen molar-refractivity contribution in [2.24, 2.45) is 16.7 Å². The van der Waals surface area contributed by atoms with Gasteiger partial charge in [0.05, 0.1) is 35.7 Å². The average Bonchev–Trinajstić information content (AvgIpc) is 3.04. The van der Waals surface area contributed by atoms with E-state index in [1.54, 1.807) is 58.0 Å². The van der Waals surface area contributed by atoms with Crippen LogP contribution in [0, 0.1) is 16.7 Å². The summed E-state index contributed by atoms with van der Waals surface area (Å²) in [7, 11) is -4.24. The number of fused-ring (bicyclic) bond motifs is 6. The SMILES string of the molecule is CC(=O)O[C@@]12CO[C@@H]1C[C@@H]1O[Si](C(C)C)O[Si](C(C)C)OC3C(=O)[C@@]1(C)[C@@H]2[C@H](OC(=O)c1ccccc1)[C@]1(O)CC(O)C(C)=C3C1(C)C. The number of aliphatic hydroxyl groups is 2. The van der Waals surface area contributed by atoms with Gasteiger partial charge in [0, 0.05) is 25.2 Å². The fourth-order valence-electron chi connectivity index (χ4n) is 8.80. The third kappa shape index (κ3) is 5.14. The normalized spacial score (nSPS) is 39.7. The summed E-state index contributed by atoms with van der Waals surface area (Å²) in [6, 6.07) is 8.40. The molecule has 11 nitrogen and oxygen atoms in total. The van der Waals surface area contributed by atoms with E-state index in [1.807, 2.05) is 27.7 Å². The van der Waals surface area contributed by atoms with Gasteiger partial charge in [-0.2, -0.15) is 0 Å². The van der Waals surface area contributed by atoms with Crippen molar-refractivity contribution in [3.05, 3.63) is 47.0 Å². The summed E-state index contributed by atoms with van der Waals surface area (Å²) in [5.41, 5.74) is -5.17. The van der Waals surface area contributed by atoms with Gasteiger partial charge in [0.1, 0.15) is 23.9 Å². The number of ether oxygens (including phenoxy) is 3. The molecule has 4 fully saturated rings. The molecule has 2 unspecified atom stereocenters. The largest absolute Gasteiger partial charge is 0.455 e. The van der Waals surface area contributed by atoms with Crippen LogP contribution in [0.3, 0.4) is 0 Å². The minimum Gasteiger partial charge on any atom is -0.455 e. The Morgan fingerprint density at radius 2 is 1.62 bits per heavy atom. The second kappa shape index (κ2) is 12.2. The molecule has 262 valence electrons. The van der Waals surface area contributed by atoms with Gasteiger partial charge in [-0.25, -0.2) is 4.79 Å². The van der Waals surface area contributed by atoms with Crippen LogP contribution in [0.1, 0.15) is 85.5 Å². The molecule has 0 aromatic heterocycles. The molecule has 48 heavy (non-hydrogen) atoms. The summed E-state index contributed by atoms with van der Waals surface area (Å²) < 4.78 is 39.3. The topological polar surface area (TPSA) is 147 Å². The Labute approximate surface area is 285 Å². The number of Topliss-reactive ketones (excluding diaryl/α,β-unsaturated/α-hetero) is 1. The molecule has 9 atom stereocenters. The fourth-order valence-corrected chi connectivity index (χ4v) is 13.5. The summed E-state index contributed by atoms with van der Waals surface area (Å²) >= 11 is 0. The van der Waals surface area contributed by atoms with Crippen LogP contribution in [0.2, 0.25) is 11.1 Å². The number of aliphatic hydroxyl groups excluding tert-OH is 1. The molecule has 4 bridgehead atoms. The smallest absolute Gasteiger partial charge is 0.378 e. The molecule has 0 amide bonds. The van der Waals surface area contributed by atoms with Crippen molar-refractivity contribution in [1.29, 1.82) is 0 Å². The molecule has 2 saturated heterocycles. The number of esters is 2. The monoisotopic (exact) mass is 700 g/mol. The first kappa shape index (κ1) is 35.6. The summed E-state index contributed by atoms with van der Waals surface area (Å²) in [6.07, 6.45) is -5.43. The van der Waals surface area contributed by atoms with E-state index >= 15 is 4.79 Å². The standard InChI is InChI=1S/C35H48O11Si2/c1-18(2)47-44-24-15-25-34(17-41-25,43-21(6)36)28-30(42-31(39)22-13-11-10-12-14-22)35(40)16-23(37)20(5)26(32(35,7)8)27(29(38)33(24,28)9)45-48(46-47)19(3)4/h10-14,18-19,23-25,27-28,30,37,40H,15-17H2,1-9H3/t23?,24-,25+,27?,28-,30-,33+,34-,35+/m0/s1. The Morgan fingerprint density at radius 1 is 1.00 bits per heavy atom. The summed E-state index contributed by atoms with van der Waals surface area (Å²) in [6.45, 7) is 16.3. The van der Waals surface area contributed by atoms with Crippen LogP contribution < -0.4 is 0 Å². The molecule has 2 aliphatic heterocycles. The summed E-state index contributed by atoms with van der Waals surface area (Å²) in [5.74, 6) is -2.83. The third-order valence-corrected chi connectivity index (χ3v) is 16.0. The summed E-state index contributed by atoms with van der Waals surface area (Å²) in [4.78, 5) is 42.7. The number of carbonyl (C=O) groups excluding carboxylic acids is 3. The lowest BCUT2D eigenvalue weighted by molar-refractivity contribution is -0.344. The van der Waals surface area contributed by atoms with Gasteiger partial charge in [0.15, 0.2) is 11.4 Å². The zero-order valence-electron chi connectivity index (χ0n) is 29.2. The Morgan fingerprint density at radius 3 is 2.19 bits per heavy atom. The molecule has 2 radical (unpaired) electrons. The van der Waals surface area contributed by atoms with Crippen LogP contribution >= 0.6 is 0 Å². The maximum atomic E-state index is 15.7. The lowest BCUT2D eigenvalue weighted by atomic mass is 9.44. The number of hydrogen-bond acceptors (Lipinski definition) is 11. The van der Waals surface area contributed by atoms with E-state index in [0.29, 0.717) is 11.1 Å². The van der Waals surface area contributed by atoms with Crippen LogP contribution in [0.5, 0.6) is 0 Å². The predicted molar refractivity (Wildman–Crippen MR) is 176 cm³/mol. The zero-order valence-corrected chi connectivity index (χ0v) is 31.2. The second-order valence-corrected chi connectivity index (χ2v) is 20.3. The van der Waals surface area contributed by atoms with E-state index in [4.69, 9.17) is 27.2 Å². The highest BCUT2D eigenvalue weighted by Crippen LogP contribution is 2.65. The van der Waals surface area contributed by atoms with Crippen molar-refractivity contribution in [3.8, 4) is 0 Å². The molecule has 1 aromatic rings. The van der Waals surface area contributed by atoms with Gasteiger partial charge in [0.2, 0.25) is 0 Å². The van der Waals surface area contributed by atoms with Crippen LogP contribution in [0.15, 0.2) is 41.5 Å². The highest BCUT2D eigenvalue weighted by Gasteiger charge is 2.78. The van der Waals surface area contributed by atoms with Crippen LogP contribution in [-0.2, 0) is 36.8 Å². The van der Waals surface area contributed by atoms with Gasteiger partial charge in [-0.1, -0.05) is 59.7 Å². The molecule has 5 aliphatic rings. The Bertz CT molecular complexity index is 1500. The highest BCUT2D eigenvalue weighted by molar-refractivity contribution is 6.61. The van der Waals surface area contributed by atoms with E-state index in [9.17, 15) is 19.8 Å². The van der Waals surface area contributed by atoms with E-state index in [-0.39, 0.29) is 41.9 Å². The first-order valence-corrected chi connectivity index (χ1v) is 19.7. The third-order valence-electron chi connectivity index (χ3n) is 11.5. The number of benzene rings is 1. The highest BCUT2D eigenvalue weighted by atomic mass is 28.4. The molecular formula is C35H48O11Si2. The lowest BCUT2D eigenvalue weighted by Crippen LogP contribution is -2.82. The molecular weight excluding hydrogens is 653 g/mol. The first-order valence-electron chi connectivity index (χ1n) is 16.9. The first-order chi connectivity index (χ1) is 22.4. The lowest BCUT2D eigenvalue weighted by Gasteiger charge is -2.68. The molecule has 0 spiro atoms. The van der Waals surface area contributed by atoms with E-state index in [2.05, 4.69) is 0 Å². The van der Waals surface area contributed by atoms with Gasteiger partial charge in [-0.05, 0) is 48.2 Å². The van der Waals surface area contributed by atoms with Crippen molar-refractivity contribution in [2.45, 2.75) is 128 Å². The van der Waals surface area contributed by atoms with Crippen molar-refractivity contribution in [1.82, 2.24) is 0 Å². The van der Waals surface area contributed by atoms with E-state index < -0.39 is 89.0 Å². The van der Waals surface area contributed by atoms with Crippen molar-refractivity contribution in [2.75, 3.05) is 6.61 Å². The quantitative estimate of drug-likeness (QED) is 0.262. The minimum atomic E-state index is -2.16. The Kier molecular flexibility index (Phi) is 9.06. The maximum Gasteiger partial charge on any atom is 0.378 e. The van der Waals surface area contributed by atoms with Gasteiger partial charge >= 0.3 is 30.5 Å². The molecule has 3 aliphatic carbocycles. The number of ketones is 1. The van der Waals surface area contributed by atoms with E-state index in [0.717, 1.165) is 0 Å². The molecule has 6 rings (SSSR count). The van der Waals surface area contributed by atoms with E-state index in [1.165, 1.54) is 6.92 Å². The van der Waals surface area contributed by atoms with Crippen molar-refractivity contribution >= 4 is 36.3 Å². The van der Waals surface area contributed by atoms with Gasteiger partial charge < -0.3 is 37.4 Å². The summed E-state index contributed by atoms with van der Waals surface area (Å²) in [5, 5.41) is 25.0. The minimum absolute atomic E-state index is 0.0337. The van der Waals surface area contributed by atoms with Crippen LogP contribution in [0.25, 0.3) is 0 Å². The fraction of sp³-hybridized carbons (Fsp3) is 0.686.